The van der Waals surface area contributed by atoms with Crippen LogP contribution in [0.5, 0.6) is 11.6 Å². The average molecular weight is 346 g/mol. The number of benzene rings is 2. The van der Waals surface area contributed by atoms with Crippen LogP contribution in [-0.4, -0.2) is 19.9 Å². The van der Waals surface area contributed by atoms with Crippen molar-refractivity contribution in [3.63, 3.8) is 0 Å². The second kappa shape index (κ2) is 6.13. The molecule has 3 aromatic rings. The van der Waals surface area contributed by atoms with Gasteiger partial charge in [-0.3, -0.25) is 9.42 Å². The van der Waals surface area contributed by atoms with Gasteiger partial charge in [-0.05, 0) is 29.2 Å². The van der Waals surface area contributed by atoms with E-state index >= 15 is 0 Å². The van der Waals surface area contributed by atoms with Crippen LogP contribution in [0.15, 0.2) is 69.1 Å². The molecule has 0 atom stereocenters. The summed E-state index contributed by atoms with van der Waals surface area (Å²) < 4.78 is 34.9. The Kier molecular flexibility index (Phi) is 4.00. The van der Waals surface area contributed by atoms with E-state index in [1.807, 2.05) is 0 Å². The first-order valence-electron chi connectivity index (χ1n) is 6.65. The molecule has 0 aliphatic rings. The van der Waals surface area contributed by atoms with Crippen molar-refractivity contribution in [3.05, 3.63) is 65.4 Å². The Labute approximate surface area is 136 Å². The lowest BCUT2D eigenvalue weighted by Crippen LogP contribution is -2.30. The van der Waals surface area contributed by atoms with Crippen molar-refractivity contribution in [1.29, 1.82) is 0 Å². The molecule has 3 rings (SSSR count). The predicted octanol–water partition coefficient (Wildman–Crippen LogP) is 1.75. The molecular formula is C15H10N2O6S. The van der Waals surface area contributed by atoms with E-state index in [1.54, 1.807) is 6.07 Å². The normalized spacial score (nSPS) is 11.2. The molecule has 0 saturated heterocycles. The highest BCUT2D eigenvalue weighted by atomic mass is 32.2. The second-order valence-corrected chi connectivity index (χ2v) is 6.51. The first-order valence-corrected chi connectivity index (χ1v) is 8.13. The average Bonchev–Trinajstić information content (AvgIpc) is 2.97. The van der Waals surface area contributed by atoms with Crippen LogP contribution in [0.2, 0.25) is 0 Å². The Morgan fingerprint density at radius 3 is 2.58 bits per heavy atom. The number of nitrogens with zero attached hydrogens (tertiary/aromatic N) is 2. The van der Waals surface area contributed by atoms with Crippen LogP contribution in [0.25, 0.3) is 0 Å². The predicted molar refractivity (Wildman–Crippen MR) is 79.3 cm³/mol. The lowest BCUT2D eigenvalue weighted by Gasteiger charge is -2.03. The monoisotopic (exact) mass is 346 g/mol. The van der Waals surface area contributed by atoms with Gasteiger partial charge in [0.25, 0.3) is 9.84 Å². The second-order valence-electron chi connectivity index (χ2n) is 4.65. The summed E-state index contributed by atoms with van der Waals surface area (Å²) in [7, 11) is -4.19. The third kappa shape index (κ3) is 2.84. The standard InChI is InChI=1S/C15H10N2O6S/c18-10-11-5-4-6-12(9-11)22-14-15(17(19)23-16-14)24(20,21)13-7-2-1-3-8-13/h1-10H. The molecule has 0 spiro atoms. The number of rotatable bonds is 5. The number of hydrogen-bond acceptors (Lipinski definition) is 7. The van der Waals surface area contributed by atoms with Crippen molar-refractivity contribution in [2.45, 2.75) is 9.92 Å². The van der Waals surface area contributed by atoms with Crippen molar-refractivity contribution in [1.82, 2.24) is 5.16 Å². The molecule has 0 fully saturated rings. The van der Waals surface area contributed by atoms with E-state index in [2.05, 4.69) is 9.79 Å². The highest BCUT2D eigenvalue weighted by Crippen LogP contribution is 2.28. The zero-order chi connectivity index (χ0) is 17.2. The van der Waals surface area contributed by atoms with Crippen LogP contribution >= 0.6 is 0 Å². The molecule has 8 nitrogen and oxygen atoms in total. The molecule has 0 amide bonds. The number of sulfone groups is 1. The minimum atomic E-state index is -4.19. The first-order chi connectivity index (χ1) is 11.5. The van der Waals surface area contributed by atoms with Crippen molar-refractivity contribution >= 4 is 16.1 Å². The Hall–Kier alpha value is -3.20. The van der Waals surface area contributed by atoms with Gasteiger partial charge in [0.15, 0.2) is 0 Å². The van der Waals surface area contributed by atoms with Crippen LogP contribution in [0, 0.1) is 5.21 Å². The van der Waals surface area contributed by atoms with E-state index in [9.17, 15) is 18.4 Å². The fourth-order valence-electron chi connectivity index (χ4n) is 1.98. The van der Waals surface area contributed by atoms with Gasteiger partial charge in [0, 0.05) is 5.56 Å². The first kappa shape index (κ1) is 15.7. The van der Waals surface area contributed by atoms with Gasteiger partial charge in [-0.2, -0.15) is 0 Å². The summed E-state index contributed by atoms with van der Waals surface area (Å²) in [6, 6.07) is 13.3. The molecule has 1 heterocycles. The van der Waals surface area contributed by atoms with E-state index in [1.165, 1.54) is 48.5 Å². The van der Waals surface area contributed by atoms with Gasteiger partial charge < -0.3 is 9.94 Å². The molecule has 9 heteroatoms. The quantitative estimate of drug-likeness (QED) is 0.510. The van der Waals surface area contributed by atoms with Crippen LogP contribution in [0.4, 0.5) is 0 Å². The van der Waals surface area contributed by atoms with E-state index in [-0.39, 0.29) is 15.5 Å². The van der Waals surface area contributed by atoms with Crippen molar-refractivity contribution in [3.8, 4) is 11.6 Å². The zero-order valence-corrected chi connectivity index (χ0v) is 12.8. The van der Waals surface area contributed by atoms with Crippen molar-refractivity contribution < 1.29 is 27.5 Å². The number of aromatic nitrogens is 2. The molecule has 0 N–H and O–H groups in total. The third-order valence-corrected chi connectivity index (χ3v) is 4.79. The smallest absolute Gasteiger partial charge is 0.415 e. The van der Waals surface area contributed by atoms with Crippen LogP contribution in [0.3, 0.4) is 0 Å². The molecule has 1 aromatic heterocycles. The maximum absolute atomic E-state index is 12.6. The van der Waals surface area contributed by atoms with Gasteiger partial charge in [-0.25, -0.2) is 8.42 Å². The summed E-state index contributed by atoms with van der Waals surface area (Å²) in [5.41, 5.74) is 0.318. The van der Waals surface area contributed by atoms with E-state index < -0.39 is 20.7 Å². The van der Waals surface area contributed by atoms with Crippen LogP contribution in [0.1, 0.15) is 10.4 Å². The maximum Gasteiger partial charge on any atom is 0.420 e. The van der Waals surface area contributed by atoms with Crippen molar-refractivity contribution in [2.75, 3.05) is 0 Å². The van der Waals surface area contributed by atoms with E-state index in [4.69, 9.17) is 4.74 Å². The Balaban J connectivity index is 2.05. The summed E-state index contributed by atoms with van der Waals surface area (Å²) in [5.74, 6) is -0.380. The fourth-order valence-corrected chi connectivity index (χ4v) is 3.26. The minimum Gasteiger partial charge on any atom is -0.415 e. The molecule has 122 valence electrons. The van der Waals surface area contributed by atoms with Gasteiger partial charge in [-0.1, -0.05) is 30.3 Å². The van der Waals surface area contributed by atoms with Gasteiger partial charge in [0.05, 0.1) is 10.1 Å². The largest absolute Gasteiger partial charge is 0.420 e. The lowest BCUT2D eigenvalue weighted by atomic mass is 10.2. The summed E-state index contributed by atoms with van der Waals surface area (Å²) in [4.78, 5) is 10.4. The summed E-state index contributed by atoms with van der Waals surface area (Å²) in [6.45, 7) is 0. The number of carbonyl (C=O) groups excluding carboxylic acids is 1. The topological polar surface area (TPSA) is 113 Å². The Bertz CT molecular complexity index is 982. The molecule has 2 aromatic carbocycles. The summed E-state index contributed by atoms with van der Waals surface area (Å²) in [6.07, 6.45) is 0.602. The van der Waals surface area contributed by atoms with Gasteiger partial charge in [0.2, 0.25) is 0 Å². The number of aldehydes is 1. The van der Waals surface area contributed by atoms with Gasteiger partial charge in [-0.15, -0.1) is 0 Å². The highest BCUT2D eigenvalue weighted by Gasteiger charge is 2.36. The molecule has 0 aliphatic heterocycles. The van der Waals surface area contributed by atoms with Gasteiger partial charge >= 0.3 is 10.9 Å². The maximum atomic E-state index is 12.6. The number of carbonyl (C=O) groups is 1. The van der Waals surface area contributed by atoms with Crippen molar-refractivity contribution in [2.24, 2.45) is 0 Å². The zero-order valence-electron chi connectivity index (χ0n) is 12.0. The molecular weight excluding hydrogens is 336 g/mol. The SMILES string of the molecule is O=Cc1cccc(Oc2no[n+]([O-])c2S(=O)(=O)c2ccccc2)c1. The molecule has 0 aliphatic carbocycles. The Morgan fingerprint density at radius 1 is 1.12 bits per heavy atom. The fraction of sp³-hybridized carbons (Fsp3) is 0. The van der Waals surface area contributed by atoms with Gasteiger partial charge in [0.1, 0.15) is 12.0 Å². The van der Waals surface area contributed by atoms with E-state index in [0.29, 0.717) is 11.8 Å². The molecule has 0 bridgehead atoms. The van der Waals surface area contributed by atoms with E-state index in [0.717, 1.165) is 0 Å². The van der Waals surface area contributed by atoms with Crippen LogP contribution in [-0.2, 0) is 9.84 Å². The van der Waals surface area contributed by atoms with Crippen LogP contribution < -0.4 is 9.64 Å². The highest BCUT2D eigenvalue weighted by molar-refractivity contribution is 7.91. The molecule has 24 heavy (non-hydrogen) atoms. The minimum absolute atomic E-state index is 0.107. The molecule has 0 unspecified atom stereocenters. The molecule has 0 saturated carbocycles. The lowest BCUT2D eigenvalue weighted by molar-refractivity contribution is -0.832. The summed E-state index contributed by atoms with van der Waals surface area (Å²) in [5, 5.41) is 14.3. The number of hydrogen-bond donors (Lipinski definition) is 0. The summed E-state index contributed by atoms with van der Waals surface area (Å²) >= 11 is 0. The molecule has 0 radical (unpaired) electrons. The third-order valence-electron chi connectivity index (χ3n) is 3.06. The number of ether oxygens (including phenoxy) is 1. The Morgan fingerprint density at radius 2 is 1.88 bits per heavy atom.